The third-order valence-electron chi connectivity index (χ3n) is 3.01. The summed E-state index contributed by atoms with van der Waals surface area (Å²) in [6.45, 7) is 0.872. The first kappa shape index (κ1) is 8.73. The molecule has 0 unspecified atom stereocenters. The fourth-order valence-electron chi connectivity index (χ4n) is 2.32. The number of amides is 1. The second-order valence-corrected chi connectivity index (χ2v) is 3.98. The Morgan fingerprint density at radius 3 is 2.85 bits per heavy atom. The van der Waals surface area contributed by atoms with E-state index in [4.69, 9.17) is 0 Å². The van der Waals surface area contributed by atoms with Crippen molar-refractivity contribution >= 4 is 11.7 Å². The number of ketones is 1. The smallest absolute Gasteiger partial charge is 0.222 e. The van der Waals surface area contributed by atoms with Crippen LogP contribution in [-0.4, -0.2) is 29.2 Å². The zero-order valence-electron chi connectivity index (χ0n) is 7.79. The zero-order chi connectivity index (χ0) is 9.26. The molecule has 2 aliphatic heterocycles. The lowest BCUT2D eigenvalue weighted by atomic mass is 10.0. The summed E-state index contributed by atoms with van der Waals surface area (Å²) in [4.78, 5) is 24.8. The largest absolute Gasteiger partial charge is 0.339 e. The number of Topliss-reactive ketones (excluding diaryl/α,β-unsaturated/α-hetero) is 1. The van der Waals surface area contributed by atoms with Gasteiger partial charge in [0.2, 0.25) is 5.91 Å². The lowest BCUT2D eigenvalue weighted by molar-refractivity contribution is -0.134. The van der Waals surface area contributed by atoms with Crippen LogP contribution in [0.3, 0.4) is 0 Å². The third kappa shape index (κ3) is 1.74. The maximum Gasteiger partial charge on any atom is 0.222 e. The van der Waals surface area contributed by atoms with Gasteiger partial charge in [-0.15, -0.1) is 0 Å². The van der Waals surface area contributed by atoms with E-state index in [0.29, 0.717) is 25.0 Å². The molecule has 2 saturated heterocycles. The van der Waals surface area contributed by atoms with Crippen LogP contribution >= 0.6 is 0 Å². The minimum absolute atomic E-state index is 0.236. The van der Waals surface area contributed by atoms with Gasteiger partial charge in [0.1, 0.15) is 5.78 Å². The molecule has 3 nitrogen and oxygen atoms in total. The molecule has 0 aromatic heterocycles. The van der Waals surface area contributed by atoms with Crippen LogP contribution in [0, 0.1) is 0 Å². The molecule has 0 aromatic carbocycles. The molecule has 0 aliphatic carbocycles. The summed E-state index contributed by atoms with van der Waals surface area (Å²) in [5.41, 5.74) is 0. The summed E-state index contributed by atoms with van der Waals surface area (Å²) in [6.07, 6.45) is 4.63. The maximum atomic E-state index is 11.6. The van der Waals surface area contributed by atoms with Gasteiger partial charge in [-0.1, -0.05) is 0 Å². The number of carbonyl (C=O) groups is 2. The van der Waals surface area contributed by atoms with Crippen LogP contribution in [0.2, 0.25) is 0 Å². The molecular formula is C10H15NO2. The Morgan fingerprint density at radius 1 is 1.15 bits per heavy atom. The van der Waals surface area contributed by atoms with Crippen molar-refractivity contribution in [2.24, 2.45) is 0 Å². The highest BCUT2D eigenvalue weighted by Crippen LogP contribution is 2.24. The van der Waals surface area contributed by atoms with E-state index < -0.39 is 0 Å². The van der Waals surface area contributed by atoms with Gasteiger partial charge in [0.05, 0.1) is 0 Å². The van der Waals surface area contributed by atoms with Gasteiger partial charge < -0.3 is 4.90 Å². The van der Waals surface area contributed by atoms with Crippen molar-refractivity contribution in [3.63, 3.8) is 0 Å². The summed E-state index contributed by atoms with van der Waals surface area (Å²) in [7, 11) is 0. The minimum Gasteiger partial charge on any atom is -0.339 e. The molecule has 2 aliphatic rings. The fourth-order valence-corrected chi connectivity index (χ4v) is 2.32. The van der Waals surface area contributed by atoms with E-state index in [9.17, 15) is 9.59 Å². The van der Waals surface area contributed by atoms with Crippen LogP contribution in [-0.2, 0) is 9.59 Å². The molecule has 72 valence electrons. The van der Waals surface area contributed by atoms with Gasteiger partial charge in [-0.05, 0) is 19.3 Å². The SMILES string of the molecule is O=C1CCCC(=O)N2CCC[C@@H]2C1. The second kappa shape index (κ2) is 3.48. The number of hydrogen-bond acceptors (Lipinski definition) is 2. The average Bonchev–Trinajstić information content (AvgIpc) is 2.49. The first-order chi connectivity index (χ1) is 6.27. The van der Waals surface area contributed by atoms with E-state index in [1.54, 1.807) is 0 Å². The van der Waals surface area contributed by atoms with E-state index >= 15 is 0 Å². The molecule has 2 heterocycles. The third-order valence-corrected chi connectivity index (χ3v) is 3.01. The van der Waals surface area contributed by atoms with Crippen molar-refractivity contribution in [2.75, 3.05) is 6.54 Å². The minimum atomic E-state index is 0.236. The lowest BCUT2D eigenvalue weighted by Gasteiger charge is -2.26. The van der Waals surface area contributed by atoms with E-state index in [2.05, 4.69) is 0 Å². The molecule has 1 amide bonds. The van der Waals surface area contributed by atoms with Gasteiger partial charge in [0.25, 0.3) is 0 Å². The summed E-state index contributed by atoms with van der Waals surface area (Å²) in [6, 6.07) is 0.236. The first-order valence-corrected chi connectivity index (χ1v) is 5.08. The van der Waals surface area contributed by atoms with Crippen LogP contribution in [0.5, 0.6) is 0 Å². The van der Waals surface area contributed by atoms with Crippen molar-refractivity contribution in [1.82, 2.24) is 4.90 Å². The number of carbonyl (C=O) groups excluding carboxylic acids is 2. The van der Waals surface area contributed by atoms with E-state index in [0.717, 1.165) is 25.8 Å². The Morgan fingerprint density at radius 2 is 2.00 bits per heavy atom. The Balaban J connectivity index is 2.09. The van der Waals surface area contributed by atoms with Gasteiger partial charge >= 0.3 is 0 Å². The molecule has 2 fully saturated rings. The monoisotopic (exact) mass is 181 g/mol. The van der Waals surface area contributed by atoms with Gasteiger partial charge in [0, 0.05) is 31.8 Å². The van der Waals surface area contributed by atoms with Crippen LogP contribution in [0.25, 0.3) is 0 Å². The zero-order valence-corrected chi connectivity index (χ0v) is 7.79. The fraction of sp³-hybridized carbons (Fsp3) is 0.800. The predicted octanol–water partition coefficient (Wildman–Crippen LogP) is 1.12. The van der Waals surface area contributed by atoms with Crippen LogP contribution in [0.4, 0.5) is 0 Å². The summed E-state index contributed by atoms with van der Waals surface area (Å²) in [5.74, 6) is 0.597. The molecule has 0 radical (unpaired) electrons. The Hall–Kier alpha value is -0.860. The highest BCUT2D eigenvalue weighted by molar-refractivity contribution is 5.83. The molecule has 0 bridgehead atoms. The van der Waals surface area contributed by atoms with Crippen molar-refractivity contribution in [3.05, 3.63) is 0 Å². The first-order valence-electron chi connectivity index (χ1n) is 5.08. The Kier molecular flexibility index (Phi) is 2.34. The Labute approximate surface area is 78.1 Å². The molecule has 2 rings (SSSR count). The molecular weight excluding hydrogens is 166 g/mol. The van der Waals surface area contributed by atoms with Gasteiger partial charge in [-0.3, -0.25) is 9.59 Å². The summed E-state index contributed by atoms with van der Waals surface area (Å²) < 4.78 is 0. The molecule has 13 heavy (non-hydrogen) atoms. The van der Waals surface area contributed by atoms with Crippen LogP contribution in [0.1, 0.15) is 38.5 Å². The molecule has 3 heteroatoms. The average molecular weight is 181 g/mol. The van der Waals surface area contributed by atoms with E-state index in [1.165, 1.54) is 0 Å². The quantitative estimate of drug-likeness (QED) is 0.561. The van der Waals surface area contributed by atoms with Crippen LogP contribution < -0.4 is 0 Å². The molecule has 0 aromatic rings. The topological polar surface area (TPSA) is 37.4 Å². The number of hydrogen-bond donors (Lipinski definition) is 0. The van der Waals surface area contributed by atoms with Gasteiger partial charge in [-0.2, -0.15) is 0 Å². The highest BCUT2D eigenvalue weighted by atomic mass is 16.2. The maximum absolute atomic E-state index is 11.6. The normalized spacial score (nSPS) is 29.8. The second-order valence-electron chi connectivity index (χ2n) is 3.98. The molecule has 0 N–H and O–H groups in total. The number of fused-ring (bicyclic) bond motifs is 1. The summed E-state index contributed by atoms with van der Waals surface area (Å²) in [5, 5.41) is 0. The van der Waals surface area contributed by atoms with E-state index in [1.807, 2.05) is 4.90 Å². The van der Waals surface area contributed by atoms with Gasteiger partial charge in [-0.25, -0.2) is 0 Å². The van der Waals surface area contributed by atoms with Gasteiger partial charge in [0.15, 0.2) is 0 Å². The van der Waals surface area contributed by atoms with Crippen molar-refractivity contribution < 1.29 is 9.59 Å². The molecule has 1 atom stereocenters. The predicted molar refractivity (Wildman–Crippen MR) is 48.2 cm³/mol. The Bertz CT molecular complexity index is 237. The summed E-state index contributed by atoms with van der Waals surface area (Å²) >= 11 is 0. The highest BCUT2D eigenvalue weighted by Gasteiger charge is 2.31. The standard InChI is InChI=1S/C10H15NO2/c12-9-4-1-5-10(13)11-6-2-3-8(11)7-9/h8H,1-7H2/t8-/m1/s1. The van der Waals surface area contributed by atoms with E-state index in [-0.39, 0.29) is 11.9 Å². The van der Waals surface area contributed by atoms with Crippen molar-refractivity contribution in [2.45, 2.75) is 44.6 Å². The van der Waals surface area contributed by atoms with Crippen molar-refractivity contribution in [1.29, 1.82) is 0 Å². The molecule has 0 saturated carbocycles. The molecule has 0 spiro atoms. The van der Waals surface area contributed by atoms with Crippen molar-refractivity contribution in [3.8, 4) is 0 Å². The number of rotatable bonds is 0. The number of nitrogens with zero attached hydrogens (tertiary/aromatic N) is 1. The van der Waals surface area contributed by atoms with Crippen LogP contribution in [0.15, 0.2) is 0 Å². The lowest BCUT2D eigenvalue weighted by Crippen LogP contribution is -2.38.